The summed E-state index contributed by atoms with van der Waals surface area (Å²) in [5.41, 5.74) is 17.2. The SMILES string of the molecule is C1=Cc2cc3ccc(cc4ccc(cc5nc(cc1n2)C=C5)[nH]4)[nH]3.Nc1ccccc1CCc1ccccc1.[V]. The fraction of sp³-hybridized carbons (Fsp3) is 0.0588. The molecule has 0 saturated carbocycles. The van der Waals surface area contributed by atoms with Gasteiger partial charge in [0.25, 0.3) is 0 Å². The number of aromatic nitrogens is 4. The van der Waals surface area contributed by atoms with Crippen LogP contribution in [0, 0.1) is 0 Å². The Kier molecular flexibility index (Phi) is 8.45. The topological polar surface area (TPSA) is 83.4 Å². The number of aromatic amines is 2. The van der Waals surface area contributed by atoms with Crippen molar-refractivity contribution >= 4 is 52.1 Å². The molecule has 0 amide bonds. The minimum absolute atomic E-state index is 0. The van der Waals surface area contributed by atoms with Gasteiger partial charge in [-0.2, -0.15) is 0 Å². The molecule has 8 bridgehead atoms. The predicted octanol–water partition coefficient (Wildman–Crippen LogP) is 7.71. The summed E-state index contributed by atoms with van der Waals surface area (Å²) in [6.45, 7) is 0. The Bertz CT molecular complexity index is 1740. The summed E-state index contributed by atoms with van der Waals surface area (Å²) in [7, 11) is 0. The number of benzene rings is 2. The van der Waals surface area contributed by atoms with E-state index in [2.05, 4.69) is 80.6 Å². The van der Waals surface area contributed by atoms with Crippen LogP contribution in [-0.4, -0.2) is 19.9 Å². The number of fused-ring (bicyclic) bond motifs is 8. The number of nitrogens with two attached hydrogens (primary N) is 1. The van der Waals surface area contributed by atoms with Crippen LogP contribution in [0.4, 0.5) is 5.69 Å². The zero-order valence-corrected chi connectivity index (χ0v) is 23.4. The summed E-state index contributed by atoms with van der Waals surface area (Å²) in [4.78, 5) is 16.0. The van der Waals surface area contributed by atoms with Gasteiger partial charge in [0.05, 0.1) is 22.8 Å². The molecule has 4 N–H and O–H groups in total. The van der Waals surface area contributed by atoms with Crippen molar-refractivity contribution in [3.05, 3.63) is 137 Å². The first-order chi connectivity index (χ1) is 19.2. The Labute approximate surface area is 245 Å². The number of rotatable bonds is 3. The fourth-order valence-electron chi connectivity index (χ4n) is 4.63. The summed E-state index contributed by atoms with van der Waals surface area (Å²) < 4.78 is 0. The average molecular weight is 559 g/mol. The van der Waals surface area contributed by atoms with E-state index in [-0.39, 0.29) is 18.6 Å². The van der Waals surface area contributed by atoms with Crippen LogP contribution >= 0.6 is 0 Å². The number of aryl methyl sites for hydroxylation is 2. The molecule has 0 spiro atoms. The van der Waals surface area contributed by atoms with Crippen molar-refractivity contribution in [3.63, 3.8) is 0 Å². The van der Waals surface area contributed by atoms with Crippen molar-refractivity contribution in [3.8, 4) is 0 Å². The predicted molar refractivity (Wildman–Crippen MR) is 164 cm³/mol. The molecule has 0 unspecified atom stereocenters. The Morgan fingerprint density at radius 1 is 0.500 bits per heavy atom. The smallest absolute Gasteiger partial charge is 0.0659 e. The molecule has 195 valence electrons. The van der Waals surface area contributed by atoms with Crippen LogP contribution in [0.1, 0.15) is 33.9 Å². The van der Waals surface area contributed by atoms with Gasteiger partial charge in [-0.3, -0.25) is 0 Å². The summed E-state index contributed by atoms with van der Waals surface area (Å²) in [5, 5.41) is 0. The van der Waals surface area contributed by atoms with Crippen molar-refractivity contribution in [1.82, 2.24) is 19.9 Å². The Hall–Kier alpha value is -4.58. The summed E-state index contributed by atoms with van der Waals surface area (Å²) in [6.07, 6.45) is 10.1. The summed E-state index contributed by atoms with van der Waals surface area (Å²) in [5.74, 6) is 0. The van der Waals surface area contributed by atoms with E-state index in [0.717, 1.165) is 63.4 Å². The zero-order valence-electron chi connectivity index (χ0n) is 22.0. The largest absolute Gasteiger partial charge is 0.399 e. The van der Waals surface area contributed by atoms with Gasteiger partial charge in [0, 0.05) is 46.3 Å². The number of anilines is 1. The third-order valence-corrected chi connectivity index (χ3v) is 6.62. The van der Waals surface area contributed by atoms with Crippen molar-refractivity contribution in [2.75, 3.05) is 5.73 Å². The second-order valence-electron chi connectivity index (χ2n) is 9.59. The quantitative estimate of drug-likeness (QED) is 0.194. The van der Waals surface area contributed by atoms with Gasteiger partial charge < -0.3 is 15.7 Å². The molecule has 2 aliphatic rings. The van der Waals surface area contributed by atoms with E-state index in [9.17, 15) is 0 Å². The van der Waals surface area contributed by atoms with Gasteiger partial charge in [-0.25, -0.2) is 9.97 Å². The van der Waals surface area contributed by atoms with Gasteiger partial charge >= 0.3 is 0 Å². The number of hydrogen-bond donors (Lipinski definition) is 3. The second kappa shape index (κ2) is 12.5. The van der Waals surface area contributed by atoms with Crippen LogP contribution < -0.4 is 5.73 Å². The molecule has 0 aliphatic carbocycles. The zero-order chi connectivity index (χ0) is 26.4. The van der Waals surface area contributed by atoms with Gasteiger partial charge in [0.2, 0.25) is 0 Å². The van der Waals surface area contributed by atoms with E-state index in [1.165, 1.54) is 11.1 Å². The number of nitrogens with one attached hydrogen (secondary N) is 2. The molecule has 3 aromatic heterocycles. The number of hydrogen-bond acceptors (Lipinski definition) is 3. The van der Waals surface area contributed by atoms with Gasteiger partial charge in [-0.05, 0) is 103 Å². The molecule has 5 nitrogen and oxygen atoms in total. The Morgan fingerprint density at radius 2 is 0.975 bits per heavy atom. The Balaban J connectivity index is 0.000000175. The molecule has 0 fully saturated rings. The van der Waals surface area contributed by atoms with Crippen molar-refractivity contribution in [2.24, 2.45) is 0 Å². The standard InChI is InChI=1S/C20H14N4.C14H15N.V/c1-2-14-10-16-5-6-18(23-16)12-20-8-7-19(24-20)11-17-4-3-15(22-17)9-13(1)21-14;15-14-9-5-4-8-13(14)11-10-12-6-2-1-3-7-12;/h1-12,21-22H;1-9H,10-11,15H2;. The number of nitrogen functional groups attached to an aromatic ring is 1. The maximum atomic E-state index is 5.88. The summed E-state index contributed by atoms with van der Waals surface area (Å²) >= 11 is 0. The number of nitrogens with zero attached hydrogens (tertiary/aromatic N) is 2. The molecule has 2 aliphatic heterocycles. The van der Waals surface area contributed by atoms with E-state index in [1.807, 2.05) is 66.8 Å². The minimum Gasteiger partial charge on any atom is -0.399 e. The Morgan fingerprint density at radius 3 is 1.52 bits per heavy atom. The maximum absolute atomic E-state index is 5.88. The molecular formula is C34H29N5V. The van der Waals surface area contributed by atoms with Crippen LogP contribution in [0.2, 0.25) is 0 Å². The van der Waals surface area contributed by atoms with Crippen molar-refractivity contribution < 1.29 is 18.6 Å². The van der Waals surface area contributed by atoms with E-state index < -0.39 is 0 Å². The fourth-order valence-corrected chi connectivity index (χ4v) is 4.63. The number of para-hydroxylation sites is 1. The van der Waals surface area contributed by atoms with Gasteiger partial charge in [-0.15, -0.1) is 0 Å². The van der Waals surface area contributed by atoms with Gasteiger partial charge in [-0.1, -0.05) is 48.5 Å². The van der Waals surface area contributed by atoms with Crippen LogP contribution in [0.15, 0.2) is 103 Å². The van der Waals surface area contributed by atoms with E-state index in [1.54, 1.807) is 0 Å². The first-order valence-corrected chi connectivity index (χ1v) is 13.1. The molecule has 0 atom stereocenters. The number of H-pyrrole nitrogens is 2. The molecular weight excluding hydrogens is 529 g/mol. The molecule has 40 heavy (non-hydrogen) atoms. The molecule has 1 radical (unpaired) electrons. The molecule has 6 heteroatoms. The molecule has 2 aromatic carbocycles. The first kappa shape index (κ1) is 27.0. The maximum Gasteiger partial charge on any atom is 0.0659 e. The monoisotopic (exact) mass is 558 g/mol. The van der Waals surface area contributed by atoms with Crippen molar-refractivity contribution in [1.29, 1.82) is 0 Å². The molecule has 5 heterocycles. The molecule has 0 saturated heterocycles. The third kappa shape index (κ3) is 6.89. The van der Waals surface area contributed by atoms with Crippen LogP contribution in [-0.2, 0) is 31.4 Å². The van der Waals surface area contributed by atoms with Gasteiger partial charge in [0.1, 0.15) is 0 Å². The van der Waals surface area contributed by atoms with Gasteiger partial charge in [0.15, 0.2) is 0 Å². The van der Waals surface area contributed by atoms with Crippen LogP contribution in [0.5, 0.6) is 0 Å². The van der Waals surface area contributed by atoms with E-state index >= 15 is 0 Å². The minimum atomic E-state index is 0. The van der Waals surface area contributed by atoms with E-state index in [4.69, 9.17) is 5.73 Å². The second-order valence-corrected chi connectivity index (χ2v) is 9.59. The molecule has 7 rings (SSSR count). The average Bonchev–Trinajstić information content (AvgIpc) is 3.76. The normalized spacial score (nSPS) is 11.4. The molecule has 5 aromatic rings. The summed E-state index contributed by atoms with van der Waals surface area (Å²) in [6, 6.07) is 35.0. The van der Waals surface area contributed by atoms with E-state index in [0.29, 0.717) is 0 Å². The van der Waals surface area contributed by atoms with Crippen LogP contribution in [0.25, 0.3) is 46.4 Å². The van der Waals surface area contributed by atoms with Crippen LogP contribution in [0.3, 0.4) is 0 Å². The van der Waals surface area contributed by atoms with Crippen molar-refractivity contribution in [2.45, 2.75) is 12.8 Å². The first-order valence-electron chi connectivity index (χ1n) is 13.1. The third-order valence-electron chi connectivity index (χ3n) is 6.62.